The Labute approximate surface area is 151 Å². The van der Waals surface area contributed by atoms with Crippen LogP contribution >= 0.6 is 0 Å². The second kappa shape index (κ2) is 7.87. The van der Waals surface area contributed by atoms with Crippen molar-refractivity contribution in [2.75, 3.05) is 13.2 Å². The second-order valence-electron chi connectivity index (χ2n) is 5.92. The molecule has 0 unspecified atom stereocenters. The molecule has 0 fully saturated rings. The molecule has 0 radical (unpaired) electrons. The summed E-state index contributed by atoms with van der Waals surface area (Å²) >= 11 is 0. The predicted molar refractivity (Wildman–Crippen MR) is 99.4 cm³/mol. The highest BCUT2D eigenvalue weighted by Crippen LogP contribution is 2.32. The summed E-state index contributed by atoms with van der Waals surface area (Å²) in [6, 6.07) is 14.7. The third kappa shape index (κ3) is 3.77. The lowest BCUT2D eigenvalue weighted by Crippen LogP contribution is -2.15. The van der Waals surface area contributed by atoms with Crippen molar-refractivity contribution >= 4 is 16.9 Å². The third-order valence-corrected chi connectivity index (χ3v) is 4.01. The van der Waals surface area contributed by atoms with Gasteiger partial charge in [0.1, 0.15) is 11.3 Å². The van der Waals surface area contributed by atoms with Gasteiger partial charge in [-0.25, -0.2) is 9.59 Å². The molecule has 0 aliphatic heterocycles. The number of carbonyl (C=O) groups excluding carboxylic acids is 1. The topological polar surface area (TPSA) is 65.7 Å². The van der Waals surface area contributed by atoms with E-state index in [1.165, 1.54) is 6.07 Å². The molecule has 0 aliphatic rings. The van der Waals surface area contributed by atoms with Crippen LogP contribution < -0.4 is 10.4 Å². The number of ether oxygens (including phenoxy) is 2. The van der Waals surface area contributed by atoms with Crippen LogP contribution in [0.4, 0.5) is 0 Å². The molecule has 5 nitrogen and oxygen atoms in total. The van der Waals surface area contributed by atoms with Crippen LogP contribution in [0.1, 0.15) is 18.9 Å². The first-order chi connectivity index (χ1) is 12.6. The molecule has 26 heavy (non-hydrogen) atoms. The second-order valence-corrected chi connectivity index (χ2v) is 5.92. The molecule has 3 rings (SSSR count). The minimum Gasteiger partial charge on any atom is -0.481 e. The van der Waals surface area contributed by atoms with E-state index in [0.29, 0.717) is 23.5 Å². The van der Waals surface area contributed by atoms with Gasteiger partial charge in [0.05, 0.1) is 6.61 Å². The summed E-state index contributed by atoms with van der Waals surface area (Å²) in [5.41, 5.74) is 2.42. The molecule has 1 aromatic heterocycles. The highest BCUT2D eigenvalue weighted by Gasteiger charge is 2.14. The zero-order valence-corrected chi connectivity index (χ0v) is 14.8. The summed E-state index contributed by atoms with van der Waals surface area (Å²) in [5, 5.41) is 0.814. The average Bonchev–Trinajstić information content (AvgIpc) is 2.66. The molecule has 0 aliphatic carbocycles. The Kier molecular flexibility index (Phi) is 5.37. The van der Waals surface area contributed by atoms with Crippen LogP contribution in [0.5, 0.6) is 5.75 Å². The molecule has 0 bridgehead atoms. The van der Waals surface area contributed by atoms with E-state index in [9.17, 15) is 9.59 Å². The molecule has 0 atom stereocenters. The number of hydrogen-bond acceptors (Lipinski definition) is 5. The maximum Gasteiger partial charge on any atom is 0.344 e. The van der Waals surface area contributed by atoms with Crippen LogP contribution in [-0.4, -0.2) is 19.2 Å². The summed E-state index contributed by atoms with van der Waals surface area (Å²) in [6.07, 6.45) is 0.758. The van der Waals surface area contributed by atoms with E-state index in [1.807, 2.05) is 43.3 Å². The number of fused-ring (bicyclic) bond motifs is 1. The zero-order chi connectivity index (χ0) is 18.5. The third-order valence-electron chi connectivity index (χ3n) is 4.01. The van der Waals surface area contributed by atoms with Gasteiger partial charge in [-0.1, -0.05) is 37.3 Å². The summed E-state index contributed by atoms with van der Waals surface area (Å²) in [4.78, 5) is 23.7. The lowest BCUT2D eigenvalue weighted by atomic mass is 10.0. The van der Waals surface area contributed by atoms with Gasteiger partial charge in [-0.05, 0) is 36.6 Å². The number of hydrogen-bond donors (Lipinski definition) is 0. The first kappa shape index (κ1) is 17.7. The Morgan fingerprint density at radius 1 is 1.12 bits per heavy atom. The van der Waals surface area contributed by atoms with Gasteiger partial charge >= 0.3 is 11.6 Å². The van der Waals surface area contributed by atoms with Crippen LogP contribution in [0.3, 0.4) is 0 Å². The SMILES string of the molecule is CCCOC(=O)COc1ccc2c(-c3ccccc3)cc(=O)oc2c1C. The molecular weight excluding hydrogens is 332 g/mol. The van der Waals surface area contributed by atoms with Crippen molar-refractivity contribution < 1.29 is 18.7 Å². The summed E-state index contributed by atoms with van der Waals surface area (Å²) in [7, 11) is 0. The van der Waals surface area contributed by atoms with E-state index in [2.05, 4.69) is 0 Å². The molecule has 0 saturated carbocycles. The van der Waals surface area contributed by atoms with Crippen molar-refractivity contribution in [2.45, 2.75) is 20.3 Å². The van der Waals surface area contributed by atoms with Gasteiger partial charge in [-0.15, -0.1) is 0 Å². The van der Waals surface area contributed by atoms with E-state index < -0.39 is 11.6 Å². The average molecular weight is 352 g/mol. The van der Waals surface area contributed by atoms with E-state index in [1.54, 1.807) is 13.0 Å². The van der Waals surface area contributed by atoms with Crippen LogP contribution in [0.15, 0.2) is 57.7 Å². The fraction of sp³-hybridized carbons (Fsp3) is 0.238. The molecule has 134 valence electrons. The maximum absolute atomic E-state index is 12.0. The lowest BCUT2D eigenvalue weighted by Gasteiger charge is -2.12. The molecule has 0 spiro atoms. The van der Waals surface area contributed by atoms with Gasteiger partial charge in [-0.3, -0.25) is 0 Å². The molecule has 0 saturated heterocycles. The van der Waals surface area contributed by atoms with Crippen molar-refractivity contribution in [3.8, 4) is 16.9 Å². The Morgan fingerprint density at radius 3 is 2.62 bits per heavy atom. The number of esters is 1. The van der Waals surface area contributed by atoms with E-state index >= 15 is 0 Å². The normalized spacial score (nSPS) is 10.7. The quantitative estimate of drug-likeness (QED) is 0.493. The fourth-order valence-corrected chi connectivity index (χ4v) is 2.75. The van der Waals surface area contributed by atoms with Crippen molar-refractivity contribution in [3.05, 3.63) is 64.5 Å². The van der Waals surface area contributed by atoms with Gasteiger partial charge in [-0.2, -0.15) is 0 Å². The highest BCUT2D eigenvalue weighted by atomic mass is 16.6. The minimum absolute atomic E-state index is 0.186. The first-order valence-electron chi connectivity index (χ1n) is 8.51. The van der Waals surface area contributed by atoms with Crippen LogP contribution in [0.25, 0.3) is 22.1 Å². The zero-order valence-electron chi connectivity index (χ0n) is 14.8. The van der Waals surface area contributed by atoms with Crippen LogP contribution in [-0.2, 0) is 9.53 Å². The Balaban J connectivity index is 1.97. The largest absolute Gasteiger partial charge is 0.481 e. The maximum atomic E-state index is 12.0. The Hall–Kier alpha value is -3.08. The molecule has 1 heterocycles. The van der Waals surface area contributed by atoms with Gasteiger partial charge in [0, 0.05) is 17.0 Å². The first-order valence-corrected chi connectivity index (χ1v) is 8.51. The minimum atomic E-state index is -0.432. The smallest absolute Gasteiger partial charge is 0.344 e. The van der Waals surface area contributed by atoms with E-state index in [-0.39, 0.29) is 6.61 Å². The Morgan fingerprint density at radius 2 is 1.88 bits per heavy atom. The van der Waals surface area contributed by atoms with Gasteiger partial charge in [0.15, 0.2) is 6.61 Å². The van der Waals surface area contributed by atoms with Gasteiger partial charge < -0.3 is 13.9 Å². The standard InChI is InChI=1S/C21H20O5/c1-3-11-24-20(23)13-25-18-10-9-16-17(15-7-5-4-6-8-15)12-19(22)26-21(16)14(18)2/h4-10,12H,3,11,13H2,1-2H3. The van der Waals surface area contributed by atoms with Crippen LogP contribution in [0, 0.1) is 6.92 Å². The van der Waals surface area contributed by atoms with Crippen molar-refractivity contribution in [1.82, 2.24) is 0 Å². The summed E-state index contributed by atoms with van der Waals surface area (Å²) < 4.78 is 16.0. The van der Waals surface area contributed by atoms with Crippen LogP contribution in [0.2, 0.25) is 0 Å². The number of carbonyl (C=O) groups is 1. The Bertz CT molecular complexity index is 973. The van der Waals surface area contributed by atoms with E-state index in [0.717, 1.165) is 22.9 Å². The lowest BCUT2D eigenvalue weighted by molar-refractivity contribution is -0.146. The van der Waals surface area contributed by atoms with Gasteiger partial charge in [0.2, 0.25) is 0 Å². The number of benzene rings is 2. The molecule has 0 N–H and O–H groups in total. The van der Waals surface area contributed by atoms with Crippen molar-refractivity contribution in [2.24, 2.45) is 0 Å². The summed E-state index contributed by atoms with van der Waals surface area (Å²) in [5.74, 6) is 0.0603. The molecule has 5 heteroatoms. The highest BCUT2D eigenvalue weighted by molar-refractivity contribution is 5.95. The number of rotatable bonds is 6. The molecular formula is C21H20O5. The van der Waals surface area contributed by atoms with E-state index in [4.69, 9.17) is 13.9 Å². The predicted octanol–water partition coefficient (Wildman–Crippen LogP) is 4.10. The monoisotopic (exact) mass is 352 g/mol. The molecule has 0 amide bonds. The molecule has 3 aromatic rings. The van der Waals surface area contributed by atoms with Crippen molar-refractivity contribution in [1.29, 1.82) is 0 Å². The summed E-state index contributed by atoms with van der Waals surface area (Å²) in [6.45, 7) is 3.91. The fourth-order valence-electron chi connectivity index (χ4n) is 2.75. The number of aryl methyl sites for hydroxylation is 1. The molecule has 2 aromatic carbocycles. The van der Waals surface area contributed by atoms with Crippen molar-refractivity contribution in [3.63, 3.8) is 0 Å². The van der Waals surface area contributed by atoms with Gasteiger partial charge in [0.25, 0.3) is 0 Å².